The van der Waals surface area contributed by atoms with Crippen molar-refractivity contribution in [1.29, 1.82) is 0 Å². The molecule has 0 fully saturated rings. The summed E-state index contributed by atoms with van der Waals surface area (Å²) < 4.78 is 16.8. The van der Waals surface area contributed by atoms with Crippen LogP contribution in [0, 0.1) is 0 Å². The van der Waals surface area contributed by atoms with Gasteiger partial charge in [-0.3, -0.25) is 14.4 Å². The number of unbranched alkanes of at least 4 members (excludes halogenated alkanes) is 15. The Morgan fingerprint density at radius 1 is 0.280 bits per heavy atom. The summed E-state index contributed by atoms with van der Waals surface area (Å²) in [6.45, 7) is 6.32. The first-order chi connectivity index (χ1) is 37.0. The second-order valence-corrected chi connectivity index (χ2v) is 19.1. The second kappa shape index (κ2) is 61.6. The van der Waals surface area contributed by atoms with Gasteiger partial charge in [0.2, 0.25) is 0 Å². The van der Waals surface area contributed by atoms with Crippen LogP contribution >= 0.6 is 0 Å². The Morgan fingerprint density at radius 3 is 0.853 bits per heavy atom. The number of hydrogen-bond donors (Lipinski definition) is 0. The predicted molar refractivity (Wildman–Crippen MR) is 325 cm³/mol. The lowest BCUT2D eigenvalue weighted by Crippen LogP contribution is -2.30. The fraction of sp³-hybridized carbons (Fsp3) is 0.580. The van der Waals surface area contributed by atoms with Crippen molar-refractivity contribution in [2.75, 3.05) is 13.2 Å². The largest absolute Gasteiger partial charge is 0.462 e. The molecule has 6 nitrogen and oxygen atoms in total. The van der Waals surface area contributed by atoms with Crippen LogP contribution in [0.25, 0.3) is 0 Å². The SMILES string of the molecule is CC/C=C\C/C=C\C/C=C\C/C=C\C/C=C\C/C=C\C/C=C\CCCC(=O)OC(COC(=O)CCCCCCCC/C=C\C/C=C\C/C=C\C/C=C\C/C=C\C/C=C\CC)COC(=O)CCCCCCCCCCC. The molecule has 0 aliphatic heterocycles. The molecule has 6 heteroatoms. The van der Waals surface area contributed by atoms with Gasteiger partial charge in [0.25, 0.3) is 0 Å². The Balaban J connectivity index is 4.43. The number of allylic oxidation sites excluding steroid dienone is 26. The van der Waals surface area contributed by atoms with E-state index in [1.54, 1.807) is 0 Å². The van der Waals surface area contributed by atoms with Crippen LogP contribution in [0.2, 0.25) is 0 Å². The summed E-state index contributed by atoms with van der Waals surface area (Å²) in [4.78, 5) is 38.1. The van der Waals surface area contributed by atoms with Crippen LogP contribution in [-0.4, -0.2) is 37.2 Å². The van der Waals surface area contributed by atoms with Crippen molar-refractivity contribution in [3.8, 4) is 0 Å². The van der Waals surface area contributed by atoms with E-state index in [0.717, 1.165) is 141 Å². The van der Waals surface area contributed by atoms with E-state index in [1.807, 2.05) is 0 Å². The molecule has 0 amide bonds. The maximum atomic E-state index is 12.8. The Bertz CT molecular complexity index is 1710. The number of carbonyl (C=O) groups excluding carboxylic acids is 3. The minimum Gasteiger partial charge on any atom is -0.462 e. The lowest BCUT2D eigenvalue weighted by Gasteiger charge is -2.18. The molecule has 0 saturated carbocycles. The van der Waals surface area contributed by atoms with Crippen molar-refractivity contribution in [2.45, 2.75) is 245 Å². The Labute approximate surface area is 460 Å². The molecule has 0 aliphatic carbocycles. The molecular formula is C69H108O6. The third kappa shape index (κ3) is 59.8. The smallest absolute Gasteiger partial charge is 0.306 e. The second-order valence-electron chi connectivity index (χ2n) is 19.1. The number of esters is 3. The van der Waals surface area contributed by atoms with Gasteiger partial charge in [-0.05, 0) is 122 Å². The summed E-state index contributed by atoms with van der Waals surface area (Å²) in [6, 6.07) is 0. The number of hydrogen-bond acceptors (Lipinski definition) is 6. The van der Waals surface area contributed by atoms with E-state index in [2.05, 4.69) is 179 Å². The van der Waals surface area contributed by atoms with Crippen LogP contribution in [0.1, 0.15) is 239 Å². The summed E-state index contributed by atoms with van der Waals surface area (Å²) in [6.07, 6.45) is 89.6. The van der Waals surface area contributed by atoms with Gasteiger partial charge in [0.15, 0.2) is 6.10 Å². The maximum absolute atomic E-state index is 12.8. The van der Waals surface area contributed by atoms with E-state index in [9.17, 15) is 14.4 Å². The number of carbonyl (C=O) groups is 3. The summed E-state index contributed by atoms with van der Waals surface area (Å²) in [7, 11) is 0. The first-order valence-electron chi connectivity index (χ1n) is 30.0. The van der Waals surface area contributed by atoms with Crippen molar-refractivity contribution >= 4 is 17.9 Å². The summed E-state index contributed by atoms with van der Waals surface area (Å²) in [5, 5.41) is 0. The fourth-order valence-corrected chi connectivity index (χ4v) is 7.61. The number of ether oxygens (including phenoxy) is 3. The van der Waals surface area contributed by atoms with Crippen LogP contribution in [-0.2, 0) is 28.6 Å². The summed E-state index contributed by atoms with van der Waals surface area (Å²) in [5.74, 6) is -0.997. The molecule has 0 radical (unpaired) electrons. The molecule has 420 valence electrons. The van der Waals surface area contributed by atoms with Crippen molar-refractivity contribution in [3.63, 3.8) is 0 Å². The minimum atomic E-state index is -0.821. The average Bonchev–Trinajstić information content (AvgIpc) is 3.41. The van der Waals surface area contributed by atoms with Crippen LogP contribution in [0.3, 0.4) is 0 Å². The average molecular weight is 1030 g/mol. The fourth-order valence-electron chi connectivity index (χ4n) is 7.61. The highest BCUT2D eigenvalue weighted by Crippen LogP contribution is 2.13. The Hall–Kier alpha value is -4.97. The van der Waals surface area contributed by atoms with Gasteiger partial charge in [-0.25, -0.2) is 0 Å². The highest BCUT2D eigenvalue weighted by atomic mass is 16.6. The van der Waals surface area contributed by atoms with Gasteiger partial charge in [-0.15, -0.1) is 0 Å². The third-order valence-electron chi connectivity index (χ3n) is 12.0. The topological polar surface area (TPSA) is 78.9 Å². The van der Waals surface area contributed by atoms with Gasteiger partial charge in [-0.1, -0.05) is 256 Å². The van der Waals surface area contributed by atoms with Gasteiger partial charge in [-0.2, -0.15) is 0 Å². The zero-order valence-corrected chi connectivity index (χ0v) is 48.0. The monoisotopic (exact) mass is 1030 g/mol. The molecule has 0 heterocycles. The van der Waals surface area contributed by atoms with Crippen LogP contribution < -0.4 is 0 Å². The van der Waals surface area contributed by atoms with Crippen LogP contribution in [0.5, 0.6) is 0 Å². The zero-order chi connectivity index (χ0) is 54.3. The summed E-state index contributed by atoms with van der Waals surface area (Å²) in [5.41, 5.74) is 0. The van der Waals surface area contributed by atoms with E-state index in [0.29, 0.717) is 19.3 Å². The normalized spacial score (nSPS) is 13.3. The highest BCUT2D eigenvalue weighted by molar-refractivity contribution is 5.71. The molecule has 0 spiro atoms. The van der Waals surface area contributed by atoms with E-state index in [4.69, 9.17) is 14.2 Å². The molecule has 1 unspecified atom stereocenters. The van der Waals surface area contributed by atoms with Crippen molar-refractivity contribution in [3.05, 3.63) is 158 Å². The zero-order valence-electron chi connectivity index (χ0n) is 48.0. The number of rotatable bonds is 52. The van der Waals surface area contributed by atoms with Gasteiger partial charge < -0.3 is 14.2 Å². The summed E-state index contributed by atoms with van der Waals surface area (Å²) >= 11 is 0. The Kier molecular flexibility index (Phi) is 57.5. The van der Waals surface area contributed by atoms with Crippen molar-refractivity contribution in [1.82, 2.24) is 0 Å². The van der Waals surface area contributed by atoms with Gasteiger partial charge >= 0.3 is 17.9 Å². The van der Waals surface area contributed by atoms with Gasteiger partial charge in [0.05, 0.1) is 0 Å². The molecule has 0 bridgehead atoms. The van der Waals surface area contributed by atoms with E-state index in [1.165, 1.54) is 51.4 Å². The molecule has 0 aromatic heterocycles. The first kappa shape index (κ1) is 70.0. The highest BCUT2D eigenvalue weighted by Gasteiger charge is 2.19. The Morgan fingerprint density at radius 2 is 0.533 bits per heavy atom. The standard InChI is InChI=1S/C69H108O6/c1-4-7-10-13-16-19-21-23-25-27-29-31-33-34-36-37-39-41-43-45-47-50-53-56-59-62-68(71)74-65-66(64-73-67(70)61-58-55-52-49-18-15-12-9-6-3)75-69(72)63-60-57-54-51-48-46-44-42-40-38-35-32-30-28-26-24-22-20-17-14-11-8-5-2/h7-8,10-11,16-17,19-20,23-26,29-32,34,36,38-41,44,46,51,54,66H,4-6,9,12-15,18,21-22,27-28,33,35,37,42-43,45,47-50,52-53,55-65H2,1-3H3/b10-7-,11-8-,19-16-,20-17-,25-23-,26-24-,31-29-,32-30-,36-34-,40-38-,41-39-,46-44-,54-51-. The van der Waals surface area contributed by atoms with Gasteiger partial charge in [0, 0.05) is 19.3 Å². The minimum absolute atomic E-state index is 0.111. The molecular weight excluding hydrogens is 925 g/mol. The van der Waals surface area contributed by atoms with Gasteiger partial charge in [0.1, 0.15) is 13.2 Å². The van der Waals surface area contributed by atoms with Crippen molar-refractivity contribution < 1.29 is 28.6 Å². The van der Waals surface area contributed by atoms with E-state index >= 15 is 0 Å². The molecule has 0 aromatic carbocycles. The first-order valence-corrected chi connectivity index (χ1v) is 30.0. The van der Waals surface area contributed by atoms with E-state index in [-0.39, 0.29) is 37.5 Å². The van der Waals surface area contributed by atoms with Crippen LogP contribution in [0.4, 0.5) is 0 Å². The lowest BCUT2D eigenvalue weighted by atomic mass is 10.1. The lowest BCUT2D eigenvalue weighted by molar-refractivity contribution is -0.167. The van der Waals surface area contributed by atoms with Crippen LogP contribution in [0.15, 0.2) is 158 Å². The molecule has 1 atom stereocenters. The molecule has 0 aliphatic rings. The third-order valence-corrected chi connectivity index (χ3v) is 12.0. The quantitative estimate of drug-likeness (QED) is 0.0261. The predicted octanol–water partition coefficient (Wildman–Crippen LogP) is 20.5. The molecule has 0 N–H and O–H groups in total. The van der Waals surface area contributed by atoms with Crippen molar-refractivity contribution in [2.24, 2.45) is 0 Å². The van der Waals surface area contributed by atoms with E-state index < -0.39 is 6.10 Å². The molecule has 0 rings (SSSR count). The molecule has 75 heavy (non-hydrogen) atoms. The molecule has 0 aromatic rings. The molecule has 0 saturated heterocycles. The maximum Gasteiger partial charge on any atom is 0.306 e.